The smallest absolute Gasteiger partial charge is 0.274 e. The van der Waals surface area contributed by atoms with Gasteiger partial charge in [0.2, 0.25) is 0 Å². The van der Waals surface area contributed by atoms with Gasteiger partial charge in [-0.15, -0.1) is 0 Å². The topological polar surface area (TPSA) is 58.6 Å². The summed E-state index contributed by atoms with van der Waals surface area (Å²) in [5.74, 6) is -0.0873. The Hall–Kier alpha value is -1.24. The second-order valence-electron chi connectivity index (χ2n) is 5.07. The summed E-state index contributed by atoms with van der Waals surface area (Å²) in [6, 6.07) is 0.426. The van der Waals surface area contributed by atoms with Crippen molar-refractivity contribution in [3.8, 4) is 0 Å². The van der Waals surface area contributed by atoms with Crippen LogP contribution in [0.1, 0.15) is 16.9 Å². The number of halogens is 1. The fourth-order valence-corrected chi connectivity index (χ4v) is 2.92. The molecule has 3 rings (SSSR count). The van der Waals surface area contributed by atoms with Crippen LogP contribution >= 0.6 is 11.6 Å². The van der Waals surface area contributed by atoms with Crippen molar-refractivity contribution in [1.82, 2.24) is 19.8 Å². The van der Waals surface area contributed by atoms with Crippen molar-refractivity contribution in [2.75, 3.05) is 39.4 Å². The SMILES string of the molecule is O=C(c1cncc(Cl)n1)N1CCC(N2CCOCC2)C1. The number of nitrogens with zero attached hydrogens (tertiary/aromatic N) is 4. The molecule has 6 nitrogen and oxygen atoms in total. The van der Waals surface area contributed by atoms with E-state index in [0.29, 0.717) is 11.7 Å². The Bertz CT molecular complexity index is 493. The van der Waals surface area contributed by atoms with Gasteiger partial charge in [0.1, 0.15) is 10.8 Å². The first-order valence-corrected chi connectivity index (χ1v) is 7.20. The van der Waals surface area contributed by atoms with Gasteiger partial charge in [0, 0.05) is 32.2 Å². The van der Waals surface area contributed by atoms with Crippen LogP contribution in [-0.4, -0.2) is 71.1 Å². The molecule has 0 spiro atoms. The molecular weight excluding hydrogens is 280 g/mol. The van der Waals surface area contributed by atoms with Crippen molar-refractivity contribution in [1.29, 1.82) is 0 Å². The van der Waals surface area contributed by atoms with E-state index in [4.69, 9.17) is 16.3 Å². The molecule has 0 N–H and O–H groups in total. The van der Waals surface area contributed by atoms with Crippen LogP contribution < -0.4 is 0 Å². The first-order valence-electron chi connectivity index (χ1n) is 6.82. The average Bonchev–Trinajstić information content (AvgIpc) is 2.97. The predicted octanol–water partition coefficient (Wildman–Crippen LogP) is 0.677. The Morgan fingerprint density at radius 2 is 2.10 bits per heavy atom. The summed E-state index contributed by atoms with van der Waals surface area (Å²) in [6.07, 6.45) is 3.90. The average molecular weight is 297 g/mol. The minimum Gasteiger partial charge on any atom is -0.379 e. The number of carbonyl (C=O) groups excluding carboxylic acids is 1. The van der Waals surface area contributed by atoms with Gasteiger partial charge in [-0.3, -0.25) is 14.7 Å². The Kier molecular flexibility index (Phi) is 4.14. The number of rotatable bonds is 2. The zero-order chi connectivity index (χ0) is 13.9. The lowest BCUT2D eigenvalue weighted by atomic mass is 10.2. The second kappa shape index (κ2) is 6.03. The number of morpholine rings is 1. The molecule has 0 bridgehead atoms. The van der Waals surface area contributed by atoms with E-state index in [1.807, 2.05) is 4.90 Å². The van der Waals surface area contributed by atoms with Gasteiger partial charge in [0.05, 0.1) is 25.6 Å². The molecule has 0 aliphatic carbocycles. The highest BCUT2D eigenvalue weighted by atomic mass is 35.5. The zero-order valence-electron chi connectivity index (χ0n) is 11.2. The summed E-state index contributed by atoms with van der Waals surface area (Å²) >= 11 is 5.78. The summed E-state index contributed by atoms with van der Waals surface area (Å²) in [4.78, 5) is 24.5. The fraction of sp³-hybridized carbons (Fsp3) is 0.615. The number of aromatic nitrogens is 2. The maximum absolute atomic E-state index is 12.3. The van der Waals surface area contributed by atoms with Crippen molar-refractivity contribution in [2.45, 2.75) is 12.5 Å². The van der Waals surface area contributed by atoms with E-state index in [-0.39, 0.29) is 11.1 Å². The Labute approximate surface area is 122 Å². The van der Waals surface area contributed by atoms with Crippen molar-refractivity contribution in [2.24, 2.45) is 0 Å². The zero-order valence-corrected chi connectivity index (χ0v) is 11.9. The molecule has 1 aromatic rings. The summed E-state index contributed by atoms with van der Waals surface area (Å²) in [5, 5.41) is 0.250. The van der Waals surface area contributed by atoms with Crippen LogP contribution in [0.15, 0.2) is 12.4 Å². The highest BCUT2D eigenvalue weighted by Crippen LogP contribution is 2.18. The van der Waals surface area contributed by atoms with Crippen LogP contribution in [0.3, 0.4) is 0 Å². The molecule has 2 saturated heterocycles. The molecule has 0 radical (unpaired) electrons. The van der Waals surface area contributed by atoms with Crippen LogP contribution in [0.4, 0.5) is 0 Å². The highest BCUT2D eigenvalue weighted by molar-refractivity contribution is 6.29. The van der Waals surface area contributed by atoms with Gasteiger partial charge in [0.15, 0.2) is 0 Å². The molecule has 1 atom stereocenters. The summed E-state index contributed by atoms with van der Waals surface area (Å²) in [6.45, 7) is 4.96. The monoisotopic (exact) mass is 296 g/mol. The third kappa shape index (κ3) is 2.92. The predicted molar refractivity (Wildman–Crippen MR) is 73.7 cm³/mol. The molecule has 20 heavy (non-hydrogen) atoms. The molecule has 7 heteroatoms. The van der Waals surface area contributed by atoms with Crippen LogP contribution in [0, 0.1) is 0 Å². The van der Waals surface area contributed by atoms with Crippen LogP contribution in [-0.2, 0) is 4.74 Å². The van der Waals surface area contributed by atoms with E-state index < -0.39 is 0 Å². The van der Waals surface area contributed by atoms with Crippen molar-refractivity contribution in [3.63, 3.8) is 0 Å². The summed E-state index contributed by atoms with van der Waals surface area (Å²) < 4.78 is 5.36. The first kappa shape index (κ1) is 13.7. The van der Waals surface area contributed by atoms with Gasteiger partial charge in [-0.25, -0.2) is 4.98 Å². The van der Waals surface area contributed by atoms with Gasteiger partial charge in [0.25, 0.3) is 5.91 Å². The van der Waals surface area contributed by atoms with Crippen molar-refractivity contribution in [3.05, 3.63) is 23.2 Å². The molecule has 108 valence electrons. The molecule has 0 aromatic carbocycles. The largest absolute Gasteiger partial charge is 0.379 e. The Morgan fingerprint density at radius 3 is 2.85 bits per heavy atom. The molecule has 1 aromatic heterocycles. The lowest BCUT2D eigenvalue weighted by molar-refractivity contribution is 0.0185. The van der Waals surface area contributed by atoms with Crippen LogP contribution in [0.2, 0.25) is 5.15 Å². The van der Waals surface area contributed by atoms with Gasteiger partial charge in [-0.1, -0.05) is 11.6 Å². The summed E-state index contributed by atoms with van der Waals surface area (Å²) in [7, 11) is 0. The fourth-order valence-electron chi connectivity index (χ4n) is 2.77. The van der Waals surface area contributed by atoms with E-state index in [1.165, 1.54) is 12.4 Å². The lowest BCUT2D eigenvalue weighted by Gasteiger charge is -2.32. The van der Waals surface area contributed by atoms with E-state index in [0.717, 1.165) is 45.8 Å². The minimum atomic E-state index is -0.0873. The van der Waals surface area contributed by atoms with Crippen LogP contribution in [0.25, 0.3) is 0 Å². The maximum atomic E-state index is 12.3. The second-order valence-corrected chi connectivity index (χ2v) is 5.46. The van der Waals surface area contributed by atoms with E-state index in [9.17, 15) is 4.79 Å². The molecule has 3 heterocycles. The number of hydrogen-bond donors (Lipinski definition) is 0. The first-order chi connectivity index (χ1) is 9.74. The standard InChI is InChI=1S/C13H17ClN4O2/c14-12-8-15-7-11(16-12)13(19)18-2-1-10(9-18)17-3-5-20-6-4-17/h7-8,10H,1-6,9H2. The molecule has 1 amide bonds. The van der Waals surface area contributed by atoms with Crippen molar-refractivity contribution < 1.29 is 9.53 Å². The van der Waals surface area contributed by atoms with Crippen molar-refractivity contribution >= 4 is 17.5 Å². The molecule has 0 saturated carbocycles. The molecule has 2 aliphatic heterocycles. The number of carbonyl (C=O) groups is 1. The molecule has 2 aliphatic rings. The minimum absolute atomic E-state index is 0.0873. The van der Waals surface area contributed by atoms with Gasteiger partial charge < -0.3 is 9.64 Å². The van der Waals surface area contributed by atoms with Gasteiger partial charge >= 0.3 is 0 Å². The molecular formula is C13H17ClN4O2. The maximum Gasteiger partial charge on any atom is 0.274 e. The number of amides is 1. The third-order valence-electron chi connectivity index (χ3n) is 3.84. The summed E-state index contributed by atoms with van der Waals surface area (Å²) in [5.41, 5.74) is 0.320. The highest BCUT2D eigenvalue weighted by Gasteiger charge is 2.32. The number of ether oxygens (including phenoxy) is 1. The third-order valence-corrected chi connectivity index (χ3v) is 4.02. The number of hydrogen-bond acceptors (Lipinski definition) is 5. The molecule has 2 fully saturated rings. The number of likely N-dealkylation sites (tertiary alicyclic amines) is 1. The Balaban J connectivity index is 1.63. The van der Waals surface area contributed by atoms with E-state index in [1.54, 1.807) is 0 Å². The van der Waals surface area contributed by atoms with Gasteiger partial charge in [-0.05, 0) is 6.42 Å². The van der Waals surface area contributed by atoms with E-state index >= 15 is 0 Å². The quantitative estimate of drug-likeness (QED) is 0.803. The molecule has 1 unspecified atom stereocenters. The lowest BCUT2D eigenvalue weighted by Crippen LogP contribution is -2.45. The Morgan fingerprint density at radius 1 is 1.30 bits per heavy atom. The van der Waals surface area contributed by atoms with Crippen LogP contribution in [0.5, 0.6) is 0 Å². The van der Waals surface area contributed by atoms with E-state index in [2.05, 4.69) is 14.9 Å². The normalized spacial score (nSPS) is 24.1. The van der Waals surface area contributed by atoms with Gasteiger partial charge in [-0.2, -0.15) is 0 Å².